The first-order chi connectivity index (χ1) is 10.5. The highest BCUT2D eigenvalue weighted by Crippen LogP contribution is 2.32. The Morgan fingerprint density at radius 1 is 1.36 bits per heavy atom. The molecule has 0 atom stereocenters. The van der Waals surface area contributed by atoms with Crippen LogP contribution in [0.1, 0.15) is 35.7 Å². The molecule has 4 rings (SSSR count). The number of Topliss-reactive ketones (excluding diaryl/α,β-unsaturated/α-hetero) is 1. The number of fused-ring (bicyclic) bond motifs is 3. The quantitative estimate of drug-likeness (QED) is 0.755. The van der Waals surface area contributed by atoms with Crippen LogP contribution < -0.4 is 5.56 Å². The van der Waals surface area contributed by atoms with Crippen molar-refractivity contribution in [2.45, 2.75) is 33.2 Å². The van der Waals surface area contributed by atoms with E-state index in [0.29, 0.717) is 16.9 Å². The molecule has 1 fully saturated rings. The van der Waals surface area contributed by atoms with E-state index in [-0.39, 0.29) is 11.3 Å². The van der Waals surface area contributed by atoms with Gasteiger partial charge in [0.25, 0.3) is 5.56 Å². The molecule has 112 valence electrons. The summed E-state index contributed by atoms with van der Waals surface area (Å²) in [6, 6.07) is 3.76. The van der Waals surface area contributed by atoms with Crippen LogP contribution in [0.15, 0.2) is 23.1 Å². The topological polar surface area (TPSA) is 67.8 Å². The summed E-state index contributed by atoms with van der Waals surface area (Å²) >= 11 is 0. The van der Waals surface area contributed by atoms with Crippen LogP contribution in [-0.4, -0.2) is 20.5 Å². The number of aromatic amines is 1. The Balaban J connectivity index is 2.09. The Bertz CT molecular complexity index is 977. The number of hydrogen-bond donors (Lipinski definition) is 1. The minimum Gasteiger partial charge on any atom is -0.321 e. The minimum absolute atomic E-state index is 0.0343. The van der Waals surface area contributed by atoms with Gasteiger partial charge in [-0.15, -0.1) is 0 Å². The molecule has 1 aromatic carbocycles. The SMILES string of the molecule is CC(=O)c1cc2c(cc1C)[nH]c(=O)c1cnn(CC3CC3)c12. The molecule has 3 aromatic rings. The van der Waals surface area contributed by atoms with E-state index in [1.54, 1.807) is 13.1 Å². The number of H-pyrrole nitrogens is 1. The summed E-state index contributed by atoms with van der Waals surface area (Å²) in [7, 11) is 0. The second kappa shape index (κ2) is 4.53. The van der Waals surface area contributed by atoms with E-state index in [9.17, 15) is 9.59 Å². The van der Waals surface area contributed by atoms with E-state index in [1.165, 1.54) is 12.8 Å². The molecule has 5 heteroatoms. The third kappa shape index (κ3) is 1.96. The molecule has 1 N–H and O–H groups in total. The zero-order valence-corrected chi connectivity index (χ0v) is 12.6. The van der Waals surface area contributed by atoms with E-state index in [4.69, 9.17) is 0 Å². The standard InChI is InChI=1S/C17H17N3O2/c1-9-5-15-13(6-12(9)10(2)21)16-14(17(22)19-15)7-18-20(16)8-11-3-4-11/h5-7,11H,3-4,8H2,1-2H3,(H,19,22). The van der Waals surface area contributed by atoms with Crippen molar-refractivity contribution in [1.82, 2.24) is 14.8 Å². The second-order valence-corrected chi connectivity index (χ2v) is 6.26. The second-order valence-electron chi connectivity index (χ2n) is 6.26. The summed E-state index contributed by atoms with van der Waals surface area (Å²) in [5.41, 5.74) is 3.05. The maximum atomic E-state index is 12.3. The molecular weight excluding hydrogens is 278 g/mol. The van der Waals surface area contributed by atoms with E-state index < -0.39 is 0 Å². The fourth-order valence-corrected chi connectivity index (χ4v) is 3.10. The van der Waals surface area contributed by atoms with Gasteiger partial charge in [-0.1, -0.05) is 0 Å². The summed E-state index contributed by atoms with van der Waals surface area (Å²) in [4.78, 5) is 27.0. The zero-order chi connectivity index (χ0) is 15.4. The maximum absolute atomic E-state index is 12.3. The lowest BCUT2D eigenvalue weighted by atomic mass is 10.0. The van der Waals surface area contributed by atoms with Crippen LogP contribution in [0, 0.1) is 12.8 Å². The number of nitrogens with one attached hydrogen (secondary N) is 1. The summed E-state index contributed by atoms with van der Waals surface area (Å²) < 4.78 is 1.92. The number of carbonyl (C=O) groups excluding carboxylic acids is 1. The van der Waals surface area contributed by atoms with E-state index in [1.807, 2.05) is 23.7 Å². The van der Waals surface area contributed by atoms with Crippen molar-refractivity contribution >= 4 is 27.6 Å². The number of aromatic nitrogens is 3. The minimum atomic E-state index is -0.125. The highest BCUT2D eigenvalue weighted by Gasteiger charge is 2.24. The Labute approximate surface area is 126 Å². The van der Waals surface area contributed by atoms with Gasteiger partial charge >= 0.3 is 0 Å². The first-order valence-electron chi connectivity index (χ1n) is 7.57. The molecule has 5 nitrogen and oxygen atoms in total. The third-order valence-electron chi connectivity index (χ3n) is 4.46. The lowest BCUT2D eigenvalue weighted by molar-refractivity contribution is 0.101. The predicted octanol–water partition coefficient (Wildman–Crippen LogP) is 2.80. The molecule has 0 radical (unpaired) electrons. The Hall–Kier alpha value is -2.43. The molecule has 1 saturated carbocycles. The van der Waals surface area contributed by atoms with Gasteiger partial charge in [-0.25, -0.2) is 0 Å². The molecule has 2 heterocycles. The van der Waals surface area contributed by atoms with Crippen molar-refractivity contribution in [3.05, 3.63) is 39.8 Å². The molecule has 0 aliphatic heterocycles. The Morgan fingerprint density at radius 3 is 2.82 bits per heavy atom. The van der Waals surface area contributed by atoms with Crippen molar-refractivity contribution in [1.29, 1.82) is 0 Å². The monoisotopic (exact) mass is 295 g/mol. The van der Waals surface area contributed by atoms with Crippen LogP contribution in [0.3, 0.4) is 0 Å². The lowest BCUT2D eigenvalue weighted by Gasteiger charge is -2.09. The molecule has 1 aliphatic carbocycles. The van der Waals surface area contributed by atoms with Crippen LogP contribution in [-0.2, 0) is 6.54 Å². The smallest absolute Gasteiger partial charge is 0.259 e. The third-order valence-corrected chi connectivity index (χ3v) is 4.46. The summed E-state index contributed by atoms with van der Waals surface area (Å²) in [6.45, 7) is 4.30. The van der Waals surface area contributed by atoms with Crippen LogP contribution in [0.4, 0.5) is 0 Å². The number of ketones is 1. The number of hydrogen-bond acceptors (Lipinski definition) is 3. The summed E-state index contributed by atoms with van der Waals surface area (Å²) in [6.07, 6.45) is 4.07. The normalized spacial score (nSPS) is 14.8. The molecule has 1 aliphatic rings. The van der Waals surface area contributed by atoms with Crippen LogP contribution in [0.25, 0.3) is 21.8 Å². The van der Waals surface area contributed by atoms with Crippen molar-refractivity contribution in [2.75, 3.05) is 0 Å². The Morgan fingerprint density at radius 2 is 2.14 bits per heavy atom. The molecule has 22 heavy (non-hydrogen) atoms. The first-order valence-corrected chi connectivity index (χ1v) is 7.57. The van der Waals surface area contributed by atoms with Gasteiger partial charge in [-0.3, -0.25) is 14.3 Å². The highest BCUT2D eigenvalue weighted by atomic mass is 16.1. The van der Waals surface area contributed by atoms with Gasteiger partial charge in [0.2, 0.25) is 0 Å². The average molecular weight is 295 g/mol. The van der Waals surface area contributed by atoms with Crippen molar-refractivity contribution in [3.63, 3.8) is 0 Å². The number of aryl methyl sites for hydroxylation is 1. The summed E-state index contributed by atoms with van der Waals surface area (Å²) in [5, 5.41) is 5.88. The van der Waals surface area contributed by atoms with Gasteiger partial charge in [0, 0.05) is 17.5 Å². The lowest BCUT2D eigenvalue weighted by Crippen LogP contribution is -2.09. The zero-order valence-electron chi connectivity index (χ0n) is 12.6. The van der Waals surface area contributed by atoms with E-state index in [0.717, 1.165) is 28.5 Å². The van der Waals surface area contributed by atoms with Crippen LogP contribution >= 0.6 is 0 Å². The molecular formula is C17H17N3O2. The maximum Gasteiger partial charge on any atom is 0.259 e. The summed E-state index contributed by atoms with van der Waals surface area (Å²) in [5.74, 6) is 0.696. The first kappa shape index (κ1) is 13.2. The predicted molar refractivity (Wildman–Crippen MR) is 85.3 cm³/mol. The fourth-order valence-electron chi connectivity index (χ4n) is 3.10. The highest BCUT2D eigenvalue weighted by molar-refractivity contribution is 6.07. The number of rotatable bonds is 3. The van der Waals surface area contributed by atoms with Gasteiger partial charge < -0.3 is 4.98 Å². The average Bonchev–Trinajstić information content (AvgIpc) is 3.16. The fraction of sp³-hybridized carbons (Fsp3) is 0.353. The number of nitrogens with zero attached hydrogens (tertiary/aromatic N) is 2. The van der Waals surface area contributed by atoms with Crippen LogP contribution in [0.5, 0.6) is 0 Å². The molecule has 0 saturated heterocycles. The number of carbonyl (C=O) groups is 1. The van der Waals surface area contributed by atoms with Gasteiger partial charge in [0.05, 0.1) is 22.6 Å². The van der Waals surface area contributed by atoms with Crippen molar-refractivity contribution in [2.24, 2.45) is 5.92 Å². The number of pyridine rings is 1. The van der Waals surface area contributed by atoms with Crippen molar-refractivity contribution in [3.8, 4) is 0 Å². The van der Waals surface area contributed by atoms with E-state index >= 15 is 0 Å². The number of benzene rings is 1. The molecule has 0 amide bonds. The van der Waals surface area contributed by atoms with Gasteiger partial charge in [-0.2, -0.15) is 5.10 Å². The molecule has 0 bridgehead atoms. The van der Waals surface area contributed by atoms with Crippen LogP contribution in [0.2, 0.25) is 0 Å². The molecule has 0 unspecified atom stereocenters. The molecule has 2 aromatic heterocycles. The van der Waals surface area contributed by atoms with Gasteiger partial charge in [0.15, 0.2) is 5.78 Å². The Kier molecular flexibility index (Phi) is 2.73. The van der Waals surface area contributed by atoms with Crippen molar-refractivity contribution < 1.29 is 4.79 Å². The largest absolute Gasteiger partial charge is 0.321 e. The van der Waals surface area contributed by atoms with E-state index in [2.05, 4.69) is 10.1 Å². The van der Waals surface area contributed by atoms with Gasteiger partial charge in [-0.05, 0) is 50.3 Å². The van der Waals surface area contributed by atoms with Gasteiger partial charge in [0.1, 0.15) is 0 Å². The molecule has 0 spiro atoms.